The summed E-state index contributed by atoms with van der Waals surface area (Å²) in [6.45, 7) is 6.30. The zero-order valence-electron chi connectivity index (χ0n) is 10.9. The molecular formula is C12H24N2O3. The first-order valence-electron chi connectivity index (χ1n) is 6.11. The summed E-state index contributed by atoms with van der Waals surface area (Å²) in [5.74, 6) is -0.645. The Morgan fingerprint density at radius 2 is 1.94 bits per heavy atom. The van der Waals surface area contributed by atoms with Crippen molar-refractivity contribution >= 4 is 11.9 Å². The molecule has 17 heavy (non-hydrogen) atoms. The molecule has 0 saturated heterocycles. The first-order valence-corrected chi connectivity index (χ1v) is 6.11. The van der Waals surface area contributed by atoms with Crippen LogP contribution in [0.3, 0.4) is 0 Å². The molecular weight excluding hydrogens is 220 g/mol. The molecule has 0 aliphatic carbocycles. The average molecular weight is 244 g/mol. The summed E-state index contributed by atoms with van der Waals surface area (Å²) in [6.07, 6.45) is 1.45. The van der Waals surface area contributed by atoms with Crippen LogP contribution in [0.4, 0.5) is 0 Å². The van der Waals surface area contributed by atoms with Crippen molar-refractivity contribution in [3.63, 3.8) is 0 Å². The maximum Gasteiger partial charge on any atom is 0.303 e. The molecule has 0 radical (unpaired) electrons. The van der Waals surface area contributed by atoms with Gasteiger partial charge in [0.05, 0.1) is 6.04 Å². The first kappa shape index (κ1) is 15.9. The van der Waals surface area contributed by atoms with Crippen LogP contribution >= 0.6 is 0 Å². The highest BCUT2D eigenvalue weighted by Gasteiger charge is 2.17. The predicted octanol–water partition coefficient (Wildman–Crippen LogP) is 0.977. The summed E-state index contributed by atoms with van der Waals surface area (Å²) in [4.78, 5) is 22.2. The zero-order chi connectivity index (χ0) is 13.4. The number of carbonyl (C=O) groups is 2. The van der Waals surface area contributed by atoms with Gasteiger partial charge >= 0.3 is 5.97 Å². The van der Waals surface area contributed by atoms with E-state index in [2.05, 4.69) is 5.32 Å². The van der Waals surface area contributed by atoms with E-state index in [4.69, 9.17) is 10.8 Å². The van der Waals surface area contributed by atoms with Gasteiger partial charge in [0.15, 0.2) is 0 Å². The molecule has 0 aromatic heterocycles. The summed E-state index contributed by atoms with van der Waals surface area (Å²) in [5.41, 5.74) is 5.58. The van der Waals surface area contributed by atoms with Crippen molar-refractivity contribution in [2.75, 3.05) is 6.54 Å². The zero-order valence-corrected chi connectivity index (χ0v) is 10.9. The minimum absolute atomic E-state index is 0.0273. The van der Waals surface area contributed by atoms with Crippen molar-refractivity contribution in [2.24, 2.45) is 17.6 Å². The molecule has 0 unspecified atom stereocenters. The van der Waals surface area contributed by atoms with Crippen molar-refractivity contribution < 1.29 is 14.7 Å². The fourth-order valence-corrected chi connectivity index (χ4v) is 1.71. The van der Waals surface area contributed by atoms with Crippen LogP contribution in [0, 0.1) is 11.8 Å². The molecule has 5 heteroatoms. The second-order valence-electron chi connectivity index (χ2n) is 4.85. The number of aliphatic carboxylic acids is 1. The van der Waals surface area contributed by atoms with Crippen LogP contribution < -0.4 is 11.1 Å². The number of nitrogens with one attached hydrogen (secondary N) is 1. The molecule has 0 heterocycles. The van der Waals surface area contributed by atoms with E-state index in [0.717, 1.165) is 6.42 Å². The van der Waals surface area contributed by atoms with Gasteiger partial charge in [-0.05, 0) is 24.7 Å². The number of carboxylic acids is 1. The quantitative estimate of drug-likeness (QED) is 0.593. The number of rotatable bonds is 8. The van der Waals surface area contributed by atoms with Crippen molar-refractivity contribution in [1.29, 1.82) is 0 Å². The third-order valence-corrected chi connectivity index (χ3v) is 2.61. The number of amides is 1. The second-order valence-corrected chi connectivity index (χ2v) is 4.85. The summed E-state index contributed by atoms with van der Waals surface area (Å²) >= 11 is 0. The molecule has 0 aromatic carbocycles. The highest BCUT2D eigenvalue weighted by molar-refractivity contribution is 5.81. The molecule has 0 aliphatic rings. The monoisotopic (exact) mass is 244 g/mol. The minimum Gasteiger partial charge on any atom is -0.481 e. The number of carbonyl (C=O) groups excluding carboxylic acids is 1. The molecule has 0 spiro atoms. The van der Waals surface area contributed by atoms with Gasteiger partial charge in [-0.2, -0.15) is 0 Å². The fourth-order valence-electron chi connectivity index (χ4n) is 1.71. The molecule has 0 bridgehead atoms. The molecule has 1 amide bonds. The van der Waals surface area contributed by atoms with Crippen molar-refractivity contribution in [1.82, 2.24) is 5.32 Å². The third kappa shape index (κ3) is 7.74. The Kier molecular flexibility index (Phi) is 7.54. The van der Waals surface area contributed by atoms with Crippen molar-refractivity contribution in [3.05, 3.63) is 0 Å². The Labute approximate surface area is 103 Å². The first-order chi connectivity index (χ1) is 7.86. The number of carboxylic acid groups (broad SMARTS) is 1. The summed E-state index contributed by atoms with van der Waals surface area (Å²) in [5, 5.41) is 11.5. The van der Waals surface area contributed by atoms with E-state index >= 15 is 0 Å². The molecule has 5 nitrogen and oxygen atoms in total. The number of hydrogen-bond acceptors (Lipinski definition) is 3. The van der Waals surface area contributed by atoms with E-state index in [1.165, 1.54) is 0 Å². The van der Waals surface area contributed by atoms with Gasteiger partial charge in [-0.3, -0.25) is 9.59 Å². The fraction of sp³-hybridized carbons (Fsp3) is 0.833. The molecule has 0 fully saturated rings. The van der Waals surface area contributed by atoms with Gasteiger partial charge < -0.3 is 16.2 Å². The number of hydrogen-bond donors (Lipinski definition) is 3. The standard InChI is InChI=1S/C12H24N2O3/c1-4-10(13)12(17)14-7-9(5-8(2)3)6-11(15)16/h8-10H,4-7,13H2,1-3H3,(H,14,17)(H,15,16)/t9-,10+/m0/s1. The smallest absolute Gasteiger partial charge is 0.303 e. The molecule has 0 aliphatic heterocycles. The van der Waals surface area contributed by atoms with Gasteiger partial charge in [-0.25, -0.2) is 0 Å². The van der Waals surface area contributed by atoms with Crippen LogP contribution in [-0.4, -0.2) is 29.6 Å². The van der Waals surface area contributed by atoms with E-state index in [1.54, 1.807) is 0 Å². The highest BCUT2D eigenvalue weighted by atomic mass is 16.4. The number of nitrogens with two attached hydrogens (primary N) is 1. The molecule has 0 aromatic rings. The van der Waals surface area contributed by atoms with Gasteiger partial charge in [0.1, 0.15) is 0 Å². The average Bonchev–Trinajstić information content (AvgIpc) is 2.22. The topological polar surface area (TPSA) is 92.4 Å². The van der Waals surface area contributed by atoms with E-state index in [9.17, 15) is 9.59 Å². The van der Waals surface area contributed by atoms with Gasteiger partial charge in [0.2, 0.25) is 5.91 Å². The van der Waals surface area contributed by atoms with E-state index in [1.807, 2.05) is 20.8 Å². The lowest BCUT2D eigenvalue weighted by Crippen LogP contribution is -2.42. The normalized spacial score (nSPS) is 14.4. The Bertz CT molecular complexity index is 254. The Morgan fingerprint density at radius 1 is 1.35 bits per heavy atom. The SMILES string of the molecule is CC[C@@H](N)C(=O)NC[C@H](CC(=O)O)CC(C)C. The van der Waals surface area contributed by atoms with Crippen LogP contribution in [0.2, 0.25) is 0 Å². The largest absolute Gasteiger partial charge is 0.481 e. The van der Waals surface area contributed by atoms with E-state index < -0.39 is 12.0 Å². The molecule has 2 atom stereocenters. The summed E-state index contributed by atoms with van der Waals surface area (Å²) < 4.78 is 0. The Morgan fingerprint density at radius 3 is 2.35 bits per heavy atom. The third-order valence-electron chi connectivity index (χ3n) is 2.61. The summed E-state index contributed by atoms with van der Waals surface area (Å²) in [6, 6.07) is -0.500. The van der Waals surface area contributed by atoms with Crippen LogP contribution in [0.5, 0.6) is 0 Å². The van der Waals surface area contributed by atoms with Crippen LogP contribution in [-0.2, 0) is 9.59 Å². The maximum atomic E-state index is 11.5. The second kappa shape index (κ2) is 8.06. The van der Waals surface area contributed by atoms with Crippen LogP contribution in [0.1, 0.15) is 40.0 Å². The molecule has 4 N–H and O–H groups in total. The van der Waals surface area contributed by atoms with Crippen LogP contribution in [0.25, 0.3) is 0 Å². The van der Waals surface area contributed by atoms with Crippen LogP contribution in [0.15, 0.2) is 0 Å². The van der Waals surface area contributed by atoms with Crippen molar-refractivity contribution in [2.45, 2.75) is 46.1 Å². The molecule has 0 saturated carbocycles. The Hall–Kier alpha value is -1.10. The lowest BCUT2D eigenvalue weighted by molar-refractivity contribution is -0.138. The van der Waals surface area contributed by atoms with Gasteiger partial charge in [-0.1, -0.05) is 20.8 Å². The Balaban J connectivity index is 4.15. The van der Waals surface area contributed by atoms with Gasteiger partial charge in [-0.15, -0.1) is 0 Å². The molecule has 0 rings (SSSR count). The lowest BCUT2D eigenvalue weighted by atomic mass is 9.94. The molecule has 100 valence electrons. The summed E-state index contributed by atoms with van der Waals surface area (Å²) in [7, 11) is 0. The van der Waals surface area contributed by atoms with E-state index in [0.29, 0.717) is 18.9 Å². The predicted molar refractivity (Wildman–Crippen MR) is 66.5 cm³/mol. The minimum atomic E-state index is -0.829. The van der Waals surface area contributed by atoms with E-state index in [-0.39, 0.29) is 18.2 Å². The van der Waals surface area contributed by atoms with Gasteiger partial charge in [0, 0.05) is 13.0 Å². The lowest BCUT2D eigenvalue weighted by Gasteiger charge is -2.19. The van der Waals surface area contributed by atoms with Gasteiger partial charge in [0.25, 0.3) is 0 Å². The maximum absolute atomic E-state index is 11.5. The van der Waals surface area contributed by atoms with Crippen molar-refractivity contribution in [3.8, 4) is 0 Å². The highest BCUT2D eigenvalue weighted by Crippen LogP contribution is 2.14.